The number of nitrogens with zero attached hydrogens (tertiary/aromatic N) is 1. The fraction of sp³-hybridized carbons (Fsp3) is 0.0588. The Labute approximate surface area is 132 Å². The summed E-state index contributed by atoms with van der Waals surface area (Å²) in [6.07, 6.45) is 1.55. The quantitative estimate of drug-likeness (QED) is 0.770. The molecule has 0 saturated carbocycles. The number of hydrogen-bond donors (Lipinski definition) is 1. The number of aromatic nitrogens is 1. The van der Waals surface area contributed by atoms with E-state index < -0.39 is 0 Å². The number of hydrogen-bond acceptors (Lipinski definition) is 2. The lowest BCUT2D eigenvalue weighted by atomic mass is 10.1. The molecule has 2 aromatic carbocycles. The lowest BCUT2D eigenvalue weighted by molar-refractivity contribution is 0.0941. The first kappa shape index (κ1) is 14.4. The van der Waals surface area contributed by atoms with E-state index in [4.69, 9.17) is 11.6 Å². The van der Waals surface area contributed by atoms with Crippen molar-refractivity contribution >= 4 is 40.0 Å². The first-order chi connectivity index (χ1) is 10.6. The van der Waals surface area contributed by atoms with Crippen molar-refractivity contribution in [3.63, 3.8) is 0 Å². The molecule has 110 valence electrons. The molecular weight excluding hydrogens is 300 g/mol. The van der Waals surface area contributed by atoms with Crippen molar-refractivity contribution in [3.05, 3.63) is 65.3 Å². The van der Waals surface area contributed by atoms with E-state index >= 15 is 0 Å². The van der Waals surface area contributed by atoms with Gasteiger partial charge in [0.1, 0.15) is 0 Å². The van der Waals surface area contributed by atoms with E-state index in [0.717, 1.165) is 5.39 Å². The van der Waals surface area contributed by atoms with Crippen molar-refractivity contribution in [2.75, 3.05) is 5.32 Å². The van der Waals surface area contributed by atoms with Gasteiger partial charge in [-0.1, -0.05) is 41.9 Å². The van der Waals surface area contributed by atoms with Gasteiger partial charge in [0, 0.05) is 18.5 Å². The highest BCUT2D eigenvalue weighted by Gasteiger charge is 2.17. The molecule has 0 spiro atoms. The molecule has 0 saturated heterocycles. The first-order valence-electron chi connectivity index (χ1n) is 6.75. The minimum Gasteiger partial charge on any atom is -0.321 e. The largest absolute Gasteiger partial charge is 0.321 e. The zero-order valence-corrected chi connectivity index (χ0v) is 12.6. The Morgan fingerprint density at radius 2 is 1.73 bits per heavy atom. The van der Waals surface area contributed by atoms with Crippen LogP contribution in [0, 0.1) is 0 Å². The number of amides is 1. The molecule has 1 N–H and O–H groups in total. The highest BCUT2D eigenvalue weighted by molar-refractivity contribution is 6.34. The van der Waals surface area contributed by atoms with E-state index in [2.05, 4.69) is 5.32 Å². The van der Waals surface area contributed by atoms with Crippen LogP contribution >= 0.6 is 11.6 Å². The number of halogens is 1. The number of carbonyl (C=O) groups excluding carboxylic acids is 2. The van der Waals surface area contributed by atoms with Gasteiger partial charge in [-0.15, -0.1) is 0 Å². The predicted molar refractivity (Wildman–Crippen MR) is 87.6 cm³/mol. The number of benzene rings is 2. The molecule has 1 heterocycles. The second-order valence-electron chi connectivity index (χ2n) is 4.88. The summed E-state index contributed by atoms with van der Waals surface area (Å²) >= 11 is 6.06. The van der Waals surface area contributed by atoms with Gasteiger partial charge in [-0.2, -0.15) is 0 Å². The van der Waals surface area contributed by atoms with Gasteiger partial charge in [0.05, 0.1) is 21.8 Å². The average Bonchev–Trinajstić information content (AvgIpc) is 2.89. The zero-order chi connectivity index (χ0) is 15.7. The Hall–Kier alpha value is -2.59. The molecule has 0 radical (unpaired) electrons. The van der Waals surface area contributed by atoms with Gasteiger partial charge >= 0.3 is 0 Å². The molecular formula is C17H13ClN2O2. The molecule has 0 fully saturated rings. The van der Waals surface area contributed by atoms with Crippen LogP contribution < -0.4 is 5.32 Å². The van der Waals surface area contributed by atoms with E-state index in [1.54, 1.807) is 30.5 Å². The summed E-state index contributed by atoms with van der Waals surface area (Å²) in [6, 6.07) is 14.3. The molecule has 3 rings (SSSR count). The molecule has 1 aromatic heterocycles. The number of anilines is 1. The second-order valence-corrected chi connectivity index (χ2v) is 5.29. The zero-order valence-electron chi connectivity index (χ0n) is 11.8. The maximum atomic E-state index is 12.5. The molecule has 1 amide bonds. The van der Waals surface area contributed by atoms with E-state index in [-0.39, 0.29) is 11.8 Å². The Morgan fingerprint density at radius 3 is 2.45 bits per heavy atom. The van der Waals surface area contributed by atoms with Crippen LogP contribution in [0.15, 0.2) is 54.7 Å². The van der Waals surface area contributed by atoms with E-state index in [1.807, 2.05) is 24.3 Å². The van der Waals surface area contributed by atoms with Gasteiger partial charge in [-0.3, -0.25) is 14.2 Å². The number of rotatable bonds is 2. The van der Waals surface area contributed by atoms with Crippen LogP contribution in [0.1, 0.15) is 22.1 Å². The van der Waals surface area contributed by atoms with Crippen molar-refractivity contribution in [1.82, 2.24) is 4.57 Å². The summed E-state index contributed by atoms with van der Waals surface area (Å²) in [5.41, 5.74) is 1.68. The molecule has 0 atom stereocenters. The second kappa shape index (κ2) is 5.66. The van der Waals surface area contributed by atoms with Gasteiger partial charge in [-0.25, -0.2) is 0 Å². The van der Waals surface area contributed by atoms with Gasteiger partial charge < -0.3 is 5.32 Å². The van der Waals surface area contributed by atoms with Gasteiger partial charge in [0.25, 0.3) is 5.91 Å². The average molecular weight is 313 g/mol. The smallest absolute Gasteiger partial charge is 0.257 e. The SMILES string of the molecule is CC(=O)n1cc(C(=O)Nc2ccccc2Cl)c2ccccc21. The fourth-order valence-electron chi connectivity index (χ4n) is 2.37. The Bertz CT molecular complexity index is 883. The highest BCUT2D eigenvalue weighted by Crippen LogP contribution is 2.25. The predicted octanol–water partition coefficient (Wildman–Crippen LogP) is 4.21. The van der Waals surface area contributed by atoms with Crippen LogP contribution in [0.3, 0.4) is 0 Å². The maximum absolute atomic E-state index is 12.5. The number of carbonyl (C=O) groups is 2. The third-order valence-corrected chi connectivity index (χ3v) is 3.75. The molecule has 0 unspecified atom stereocenters. The molecule has 0 aliphatic rings. The summed E-state index contributed by atoms with van der Waals surface area (Å²) in [4.78, 5) is 24.2. The van der Waals surface area contributed by atoms with Crippen LogP contribution in [0.25, 0.3) is 10.9 Å². The number of fused-ring (bicyclic) bond motifs is 1. The summed E-state index contributed by atoms with van der Waals surface area (Å²) in [7, 11) is 0. The van der Waals surface area contributed by atoms with Crippen molar-refractivity contribution in [3.8, 4) is 0 Å². The minimum absolute atomic E-state index is 0.145. The highest BCUT2D eigenvalue weighted by atomic mass is 35.5. The Kier molecular flexibility index (Phi) is 3.69. The van der Waals surface area contributed by atoms with Gasteiger partial charge in [0.2, 0.25) is 5.91 Å². The van der Waals surface area contributed by atoms with Crippen LogP contribution in [-0.4, -0.2) is 16.4 Å². The molecule has 4 nitrogen and oxygen atoms in total. The Balaban J connectivity index is 2.05. The third kappa shape index (κ3) is 2.49. The third-order valence-electron chi connectivity index (χ3n) is 3.42. The van der Waals surface area contributed by atoms with Crippen molar-refractivity contribution in [2.24, 2.45) is 0 Å². The minimum atomic E-state index is -0.302. The molecule has 22 heavy (non-hydrogen) atoms. The van der Waals surface area contributed by atoms with Crippen LogP contribution in [-0.2, 0) is 0 Å². The van der Waals surface area contributed by atoms with Crippen LogP contribution in [0.2, 0.25) is 5.02 Å². The van der Waals surface area contributed by atoms with E-state index in [1.165, 1.54) is 11.5 Å². The summed E-state index contributed by atoms with van der Waals surface area (Å²) in [5, 5.41) is 3.96. The van der Waals surface area contributed by atoms with E-state index in [9.17, 15) is 9.59 Å². The normalized spacial score (nSPS) is 10.6. The molecule has 0 bridgehead atoms. The monoisotopic (exact) mass is 312 g/mol. The van der Waals surface area contributed by atoms with E-state index in [0.29, 0.717) is 21.8 Å². The number of para-hydroxylation sites is 2. The summed E-state index contributed by atoms with van der Waals surface area (Å²) in [5.74, 6) is -0.447. The van der Waals surface area contributed by atoms with Gasteiger partial charge in [-0.05, 0) is 18.2 Å². The van der Waals surface area contributed by atoms with Gasteiger partial charge in [0.15, 0.2) is 0 Å². The standard InChI is InChI=1S/C17H13ClN2O2/c1-11(21)20-10-13(12-6-2-5-9-16(12)20)17(22)19-15-8-4-3-7-14(15)18/h2-10H,1H3,(H,19,22). The molecule has 5 heteroatoms. The molecule has 3 aromatic rings. The molecule has 0 aliphatic carbocycles. The topological polar surface area (TPSA) is 51.1 Å². The summed E-state index contributed by atoms with van der Waals surface area (Å²) < 4.78 is 1.47. The Morgan fingerprint density at radius 1 is 1.05 bits per heavy atom. The summed E-state index contributed by atoms with van der Waals surface area (Å²) in [6.45, 7) is 1.46. The lowest BCUT2D eigenvalue weighted by Gasteiger charge is -2.05. The first-order valence-corrected chi connectivity index (χ1v) is 7.12. The van der Waals surface area contributed by atoms with Crippen molar-refractivity contribution in [1.29, 1.82) is 0 Å². The van der Waals surface area contributed by atoms with Crippen LogP contribution in [0.4, 0.5) is 5.69 Å². The molecule has 0 aliphatic heterocycles. The maximum Gasteiger partial charge on any atom is 0.257 e. The van der Waals surface area contributed by atoms with Crippen LogP contribution in [0.5, 0.6) is 0 Å². The lowest BCUT2D eigenvalue weighted by Crippen LogP contribution is -2.12. The fourth-order valence-corrected chi connectivity index (χ4v) is 2.56. The van der Waals surface area contributed by atoms with Crippen molar-refractivity contribution < 1.29 is 9.59 Å². The number of nitrogens with one attached hydrogen (secondary N) is 1. The van der Waals surface area contributed by atoms with Crippen molar-refractivity contribution in [2.45, 2.75) is 6.92 Å².